The van der Waals surface area contributed by atoms with Gasteiger partial charge in [0, 0.05) is 17.4 Å². The third kappa shape index (κ3) is 5.03. The molecule has 2 aromatic carbocycles. The first-order chi connectivity index (χ1) is 15.3. The number of carbonyl (C=O) groups excluding carboxylic acids is 1. The van der Waals surface area contributed by atoms with E-state index in [9.17, 15) is 4.79 Å². The molecule has 8 heteroatoms. The van der Waals surface area contributed by atoms with Crippen LogP contribution in [-0.4, -0.2) is 31.1 Å². The predicted octanol–water partition coefficient (Wildman–Crippen LogP) is 4.91. The lowest BCUT2D eigenvalue weighted by Crippen LogP contribution is -2.43. The molecule has 0 aliphatic carbocycles. The number of fused-ring (bicyclic) bond motifs is 1. The maximum Gasteiger partial charge on any atom is 0.319 e. The van der Waals surface area contributed by atoms with Gasteiger partial charge in [-0.2, -0.15) is 4.98 Å². The highest BCUT2D eigenvalue weighted by atomic mass is 16.2. The summed E-state index contributed by atoms with van der Waals surface area (Å²) in [5, 5.41) is 9.08. The number of anilines is 2. The zero-order valence-electron chi connectivity index (χ0n) is 18.6. The average Bonchev–Trinajstić information content (AvgIpc) is 3.16. The van der Waals surface area contributed by atoms with E-state index < -0.39 is 0 Å². The minimum absolute atomic E-state index is 0.0684. The number of nitrogens with zero attached hydrogens (tertiary/aromatic N) is 4. The van der Waals surface area contributed by atoms with Gasteiger partial charge in [0.15, 0.2) is 0 Å². The van der Waals surface area contributed by atoms with E-state index in [4.69, 9.17) is 0 Å². The molecule has 164 valence electrons. The molecule has 2 heterocycles. The minimum atomic E-state index is -0.313. The Kier molecular flexibility index (Phi) is 5.77. The summed E-state index contributed by atoms with van der Waals surface area (Å²) in [4.78, 5) is 25.7. The van der Waals surface area contributed by atoms with Crippen LogP contribution in [0.25, 0.3) is 16.9 Å². The van der Waals surface area contributed by atoms with Crippen molar-refractivity contribution in [3.05, 3.63) is 72.7 Å². The fourth-order valence-corrected chi connectivity index (χ4v) is 3.35. The van der Waals surface area contributed by atoms with Crippen LogP contribution in [0.3, 0.4) is 0 Å². The second-order valence-corrected chi connectivity index (χ2v) is 8.66. The van der Waals surface area contributed by atoms with Gasteiger partial charge in [0.25, 0.3) is 0 Å². The molecule has 1 atom stereocenters. The van der Waals surface area contributed by atoms with E-state index in [0.717, 1.165) is 16.6 Å². The molecule has 32 heavy (non-hydrogen) atoms. The number of aromatic nitrogens is 4. The van der Waals surface area contributed by atoms with Crippen LogP contribution in [-0.2, 0) is 0 Å². The van der Waals surface area contributed by atoms with Gasteiger partial charge in [-0.05, 0) is 57.5 Å². The molecule has 0 spiro atoms. The molecule has 0 radical (unpaired) electrons. The van der Waals surface area contributed by atoms with Crippen molar-refractivity contribution in [1.82, 2.24) is 24.8 Å². The zero-order valence-corrected chi connectivity index (χ0v) is 18.6. The first-order valence-corrected chi connectivity index (χ1v) is 10.5. The average molecular weight is 430 g/mol. The third-order valence-corrected chi connectivity index (χ3v) is 4.83. The van der Waals surface area contributed by atoms with Gasteiger partial charge in [-0.3, -0.25) is 4.57 Å². The number of hydrogen-bond donors (Lipinski definition) is 3. The highest BCUT2D eigenvalue weighted by Crippen LogP contribution is 2.22. The molecule has 0 aliphatic rings. The second-order valence-electron chi connectivity index (χ2n) is 8.66. The molecular formula is C24H27N7O. The van der Waals surface area contributed by atoms with Crippen LogP contribution in [0.15, 0.2) is 67.1 Å². The number of amides is 2. The Labute approximate surface area is 187 Å². The second kappa shape index (κ2) is 8.66. The quantitative estimate of drug-likeness (QED) is 0.419. The topological polar surface area (TPSA) is 96.8 Å². The van der Waals surface area contributed by atoms with E-state index >= 15 is 0 Å². The molecule has 2 aromatic heterocycles. The van der Waals surface area contributed by atoms with E-state index in [1.54, 1.807) is 12.5 Å². The molecule has 0 aliphatic heterocycles. The van der Waals surface area contributed by atoms with Gasteiger partial charge in [0.2, 0.25) is 5.95 Å². The summed E-state index contributed by atoms with van der Waals surface area (Å²) in [6.45, 7) is 7.87. The molecular weight excluding hydrogens is 402 g/mol. The highest BCUT2D eigenvalue weighted by Gasteiger charge is 2.15. The van der Waals surface area contributed by atoms with Crippen molar-refractivity contribution >= 4 is 28.7 Å². The number of imidazole rings is 1. The summed E-state index contributed by atoms with van der Waals surface area (Å²) in [6, 6.07) is 17.4. The summed E-state index contributed by atoms with van der Waals surface area (Å²) < 4.78 is 1.90. The highest BCUT2D eigenvalue weighted by molar-refractivity contribution is 5.92. The Bertz CT molecular complexity index is 1230. The molecule has 0 unspecified atom stereocenters. The maximum absolute atomic E-state index is 12.1. The van der Waals surface area contributed by atoms with Crippen LogP contribution in [0.2, 0.25) is 0 Å². The van der Waals surface area contributed by atoms with E-state index in [1.807, 2.05) is 67.8 Å². The summed E-state index contributed by atoms with van der Waals surface area (Å²) >= 11 is 0. The predicted molar refractivity (Wildman–Crippen MR) is 127 cm³/mol. The Morgan fingerprint density at radius 1 is 1.03 bits per heavy atom. The molecule has 0 fully saturated rings. The number of nitrogens with one attached hydrogen (secondary N) is 3. The lowest BCUT2D eigenvalue weighted by atomic mass is 10.1. The van der Waals surface area contributed by atoms with Crippen molar-refractivity contribution in [3.8, 4) is 5.82 Å². The maximum atomic E-state index is 12.1. The lowest BCUT2D eigenvalue weighted by molar-refractivity contribution is 0.244. The van der Waals surface area contributed by atoms with Crippen molar-refractivity contribution in [2.24, 2.45) is 0 Å². The van der Waals surface area contributed by atoms with Gasteiger partial charge in [-0.1, -0.05) is 30.3 Å². The Morgan fingerprint density at radius 3 is 2.56 bits per heavy atom. The van der Waals surface area contributed by atoms with Crippen molar-refractivity contribution < 1.29 is 4.79 Å². The van der Waals surface area contributed by atoms with Crippen LogP contribution < -0.4 is 16.0 Å². The van der Waals surface area contributed by atoms with Gasteiger partial charge < -0.3 is 16.0 Å². The van der Waals surface area contributed by atoms with Crippen LogP contribution in [0.4, 0.5) is 16.4 Å². The Balaban J connectivity index is 1.54. The van der Waals surface area contributed by atoms with Gasteiger partial charge in [-0.15, -0.1) is 0 Å². The van der Waals surface area contributed by atoms with Gasteiger partial charge in [-0.25, -0.2) is 14.8 Å². The number of benzene rings is 2. The van der Waals surface area contributed by atoms with Crippen LogP contribution in [0.1, 0.15) is 39.3 Å². The Hall–Kier alpha value is -3.94. The summed E-state index contributed by atoms with van der Waals surface area (Å²) in [5.41, 5.74) is 3.15. The molecule has 4 aromatic rings. The molecule has 0 saturated heterocycles. The van der Waals surface area contributed by atoms with Crippen LogP contribution >= 0.6 is 0 Å². The largest absolute Gasteiger partial charge is 0.348 e. The SMILES string of the molecule is C[C@H](Nc1nccc(-n2cnc3cc(NC(=O)NC(C)(C)C)ccc32)n1)c1ccccc1. The van der Waals surface area contributed by atoms with E-state index in [0.29, 0.717) is 17.5 Å². The van der Waals surface area contributed by atoms with E-state index in [2.05, 4.69) is 50.0 Å². The van der Waals surface area contributed by atoms with Gasteiger partial charge in [0.1, 0.15) is 12.1 Å². The van der Waals surface area contributed by atoms with Crippen molar-refractivity contribution in [2.45, 2.75) is 39.3 Å². The lowest BCUT2D eigenvalue weighted by Gasteiger charge is -2.20. The summed E-state index contributed by atoms with van der Waals surface area (Å²) in [7, 11) is 0. The fraction of sp³-hybridized carbons (Fsp3) is 0.250. The molecule has 2 amide bonds. The monoisotopic (exact) mass is 429 g/mol. The zero-order chi connectivity index (χ0) is 22.7. The van der Waals surface area contributed by atoms with Crippen molar-refractivity contribution in [2.75, 3.05) is 10.6 Å². The standard InChI is InChI=1S/C24H27N7O/c1-16(17-8-6-5-7-9-17)27-22-25-13-12-21(29-22)31-15-26-19-14-18(10-11-20(19)31)28-23(32)30-24(2,3)4/h5-16H,1-4H3,(H,25,27,29)(H2,28,30,32)/t16-/m0/s1. The van der Waals surface area contributed by atoms with Crippen LogP contribution in [0, 0.1) is 0 Å². The normalized spacial score (nSPS) is 12.4. The van der Waals surface area contributed by atoms with Crippen molar-refractivity contribution in [3.63, 3.8) is 0 Å². The number of carbonyl (C=O) groups is 1. The molecule has 8 nitrogen and oxygen atoms in total. The number of hydrogen-bond acceptors (Lipinski definition) is 5. The minimum Gasteiger partial charge on any atom is -0.348 e. The third-order valence-electron chi connectivity index (χ3n) is 4.83. The fourth-order valence-electron chi connectivity index (χ4n) is 3.35. The molecule has 0 saturated carbocycles. The van der Waals surface area contributed by atoms with Crippen LogP contribution in [0.5, 0.6) is 0 Å². The summed E-state index contributed by atoms with van der Waals surface area (Å²) in [5.74, 6) is 1.24. The molecule has 4 rings (SSSR count). The van der Waals surface area contributed by atoms with Gasteiger partial charge in [0.05, 0.1) is 17.1 Å². The number of urea groups is 1. The molecule has 0 bridgehead atoms. The first kappa shape index (κ1) is 21.3. The van der Waals surface area contributed by atoms with Crippen molar-refractivity contribution in [1.29, 1.82) is 0 Å². The molecule has 3 N–H and O–H groups in total. The van der Waals surface area contributed by atoms with Gasteiger partial charge >= 0.3 is 6.03 Å². The summed E-state index contributed by atoms with van der Waals surface area (Å²) in [6.07, 6.45) is 3.44. The van der Waals surface area contributed by atoms with E-state index in [1.165, 1.54) is 0 Å². The smallest absolute Gasteiger partial charge is 0.319 e. The Morgan fingerprint density at radius 2 is 1.81 bits per heavy atom. The first-order valence-electron chi connectivity index (χ1n) is 10.5. The van der Waals surface area contributed by atoms with E-state index in [-0.39, 0.29) is 17.6 Å². The number of rotatable bonds is 5.